The number of aryl methyl sites for hydroxylation is 1. The molecule has 0 spiro atoms. The lowest BCUT2D eigenvalue weighted by atomic mass is 10.1. The van der Waals surface area contributed by atoms with E-state index in [1.54, 1.807) is 25.7 Å². The van der Waals surface area contributed by atoms with Crippen molar-refractivity contribution < 1.29 is 24.5 Å². The highest BCUT2D eigenvalue weighted by Gasteiger charge is 2.15. The van der Waals surface area contributed by atoms with E-state index in [2.05, 4.69) is 17.6 Å². The number of carbonyl (C=O) groups is 1. The van der Waals surface area contributed by atoms with Gasteiger partial charge in [0, 0.05) is 46.6 Å². The van der Waals surface area contributed by atoms with E-state index in [0.29, 0.717) is 0 Å². The van der Waals surface area contributed by atoms with Crippen molar-refractivity contribution in [3.63, 3.8) is 0 Å². The highest BCUT2D eigenvalue weighted by molar-refractivity contribution is 6.13. The summed E-state index contributed by atoms with van der Waals surface area (Å²) in [7, 11) is 3.29. The Morgan fingerprint density at radius 3 is 1.82 bits per heavy atom. The van der Waals surface area contributed by atoms with Crippen molar-refractivity contribution in [1.29, 1.82) is 0 Å². The Labute approximate surface area is 226 Å². The van der Waals surface area contributed by atoms with Gasteiger partial charge in [-0.25, -0.2) is 0 Å². The van der Waals surface area contributed by atoms with Gasteiger partial charge in [0.05, 0.1) is 44.0 Å². The summed E-state index contributed by atoms with van der Waals surface area (Å²) >= 11 is 0. The van der Waals surface area contributed by atoms with Crippen molar-refractivity contribution in [2.24, 2.45) is 0 Å². The van der Waals surface area contributed by atoms with E-state index in [0.717, 1.165) is 72.8 Å². The fourth-order valence-electron chi connectivity index (χ4n) is 5.37. The van der Waals surface area contributed by atoms with E-state index >= 15 is 0 Å². The molecule has 0 bridgehead atoms. The summed E-state index contributed by atoms with van der Waals surface area (Å²) in [5.74, 6) is 1.44. The maximum absolute atomic E-state index is 11.8. The van der Waals surface area contributed by atoms with E-state index in [4.69, 9.17) is 9.47 Å². The molecule has 0 amide bonds. The molecule has 0 saturated heterocycles. The first-order valence-electron chi connectivity index (χ1n) is 12.9. The number of aromatic nitrogens is 2. The second-order valence-electron chi connectivity index (χ2n) is 9.36. The fourth-order valence-corrected chi connectivity index (χ4v) is 5.37. The van der Waals surface area contributed by atoms with Gasteiger partial charge in [0.1, 0.15) is 0 Å². The highest BCUT2D eigenvalue weighted by Crippen LogP contribution is 2.38. The zero-order chi connectivity index (χ0) is 27.7. The number of methoxy groups -OCH3 is 2. The quantitative estimate of drug-likeness (QED) is 0.278. The number of para-hydroxylation sites is 1. The largest absolute Gasteiger partial charge is 0.493 e. The van der Waals surface area contributed by atoms with E-state index < -0.39 is 0 Å². The number of ether oxygens (including phenoxy) is 2. The summed E-state index contributed by atoms with van der Waals surface area (Å²) in [5, 5.41) is 22.9. The standard InChI is InChI=1S/C17H19NO3.C15H13NO2/c1-4-18-14-6-5-11(10-19)7-12(14)13-8-16(20-2)17(21-3)9-15(13)18;1-10(18)16-14-5-3-2-4-12(14)13-8-11(9-17)6-7-15(13)16/h5-9,19H,4,10H2,1-3H3;2-8,17H,9H2,1H3. The summed E-state index contributed by atoms with van der Waals surface area (Å²) in [6.07, 6.45) is 0. The lowest BCUT2D eigenvalue weighted by molar-refractivity contribution is 0.0946. The van der Waals surface area contributed by atoms with Gasteiger partial charge in [-0.15, -0.1) is 0 Å². The van der Waals surface area contributed by atoms with E-state index in [9.17, 15) is 15.0 Å². The van der Waals surface area contributed by atoms with Gasteiger partial charge < -0.3 is 24.3 Å². The van der Waals surface area contributed by atoms with Crippen molar-refractivity contribution in [1.82, 2.24) is 9.13 Å². The van der Waals surface area contributed by atoms with Crippen LogP contribution in [-0.2, 0) is 19.8 Å². The average Bonchev–Trinajstić information content (AvgIpc) is 3.47. The van der Waals surface area contributed by atoms with Gasteiger partial charge >= 0.3 is 0 Å². The van der Waals surface area contributed by atoms with Crippen LogP contribution in [0.25, 0.3) is 43.6 Å². The SMILES string of the molecule is CC(=O)n1c2ccccc2c2cc(CO)ccc21.CCn1c2ccc(CO)cc2c2cc(OC)c(OC)cc21. The first kappa shape index (κ1) is 26.3. The molecule has 0 aliphatic carbocycles. The highest BCUT2D eigenvalue weighted by atomic mass is 16.5. The van der Waals surface area contributed by atoms with Crippen molar-refractivity contribution in [3.8, 4) is 11.5 Å². The van der Waals surface area contributed by atoms with Crippen LogP contribution in [0.5, 0.6) is 11.5 Å². The van der Waals surface area contributed by atoms with Crippen LogP contribution in [0, 0.1) is 0 Å². The van der Waals surface area contributed by atoms with Crippen molar-refractivity contribution in [2.75, 3.05) is 14.2 Å². The predicted molar refractivity (Wildman–Crippen MR) is 156 cm³/mol. The molecule has 7 heteroatoms. The summed E-state index contributed by atoms with van der Waals surface area (Å²) in [6.45, 7) is 4.60. The molecule has 4 aromatic carbocycles. The third-order valence-corrected chi connectivity index (χ3v) is 7.17. The first-order valence-corrected chi connectivity index (χ1v) is 12.9. The first-order chi connectivity index (χ1) is 18.9. The number of nitrogens with zero attached hydrogens (tertiary/aromatic N) is 2. The lowest BCUT2D eigenvalue weighted by Gasteiger charge is -2.09. The second-order valence-corrected chi connectivity index (χ2v) is 9.36. The van der Waals surface area contributed by atoms with Gasteiger partial charge in [0.15, 0.2) is 11.5 Å². The molecule has 6 rings (SSSR count). The molecule has 7 nitrogen and oxygen atoms in total. The molecule has 0 unspecified atom stereocenters. The molecule has 200 valence electrons. The topological polar surface area (TPSA) is 85.9 Å². The second kappa shape index (κ2) is 10.8. The molecule has 39 heavy (non-hydrogen) atoms. The molecule has 0 aliphatic heterocycles. The normalized spacial score (nSPS) is 11.2. The molecule has 6 aromatic rings. The molecule has 2 heterocycles. The van der Waals surface area contributed by atoms with E-state index in [1.165, 1.54) is 0 Å². The molecule has 0 saturated carbocycles. The Morgan fingerprint density at radius 2 is 1.23 bits per heavy atom. The van der Waals surface area contributed by atoms with Gasteiger partial charge in [-0.05, 0) is 54.4 Å². The Balaban J connectivity index is 0.000000160. The lowest BCUT2D eigenvalue weighted by Crippen LogP contribution is -2.04. The van der Waals surface area contributed by atoms with Crippen LogP contribution in [-0.4, -0.2) is 39.5 Å². The van der Waals surface area contributed by atoms with Crippen molar-refractivity contribution in [3.05, 3.63) is 83.9 Å². The number of aliphatic hydroxyl groups excluding tert-OH is 2. The van der Waals surface area contributed by atoms with Gasteiger partial charge in [0.25, 0.3) is 0 Å². The minimum Gasteiger partial charge on any atom is -0.493 e. The number of aliphatic hydroxyl groups is 2. The third-order valence-electron chi connectivity index (χ3n) is 7.17. The molecule has 2 N–H and O–H groups in total. The molecule has 0 radical (unpaired) electrons. The van der Waals surface area contributed by atoms with Crippen LogP contribution in [0.1, 0.15) is 29.8 Å². The van der Waals surface area contributed by atoms with Crippen LogP contribution in [0.4, 0.5) is 0 Å². The fraction of sp³-hybridized carbons (Fsp3) is 0.219. The summed E-state index contributed by atoms with van der Waals surface area (Å²) in [5.41, 5.74) is 5.83. The monoisotopic (exact) mass is 524 g/mol. The Kier molecular flexibility index (Phi) is 7.28. The van der Waals surface area contributed by atoms with Crippen molar-refractivity contribution in [2.45, 2.75) is 33.6 Å². The van der Waals surface area contributed by atoms with Crippen LogP contribution in [0.15, 0.2) is 72.8 Å². The van der Waals surface area contributed by atoms with Crippen LogP contribution in [0.2, 0.25) is 0 Å². The molecule has 0 aliphatic rings. The molecular formula is C32H32N2O5. The smallest absolute Gasteiger partial charge is 0.228 e. The number of carbonyl (C=O) groups excluding carboxylic acids is 1. The molecular weight excluding hydrogens is 492 g/mol. The zero-order valence-corrected chi connectivity index (χ0v) is 22.6. The van der Waals surface area contributed by atoms with Gasteiger partial charge in [-0.1, -0.05) is 30.3 Å². The van der Waals surface area contributed by atoms with Gasteiger partial charge in [-0.2, -0.15) is 0 Å². The van der Waals surface area contributed by atoms with E-state index in [-0.39, 0.29) is 19.1 Å². The number of fused-ring (bicyclic) bond motifs is 6. The molecule has 0 atom stereocenters. The Bertz CT molecular complexity index is 1830. The van der Waals surface area contributed by atoms with Crippen LogP contribution in [0.3, 0.4) is 0 Å². The summed E-state index contributed by atoms with van der Waals surface area (Å²) in [6, 6.07) is 23.6. The maximum atomic E-state index is 11.8. The number of hydrogen-bond donors (Lipinski definition) is 2. The summed E-state index contributed by atoms with van der Waals surface area (Å²) in [4.78, 5) is 11.8. The Hall–Kier alpha value is -4.33. The van der Waals surface area contributed by atoms with Gasteiger partial charge in [-0.3, -0.25) is 9.36 Å². The zero-order valence-electron chi connectivity index (χ0n) is 22.6. The average molecular weight is 525 g/mol. The number of hydrogen-bond acceptors (Lipinski definition) is 5. The van der Waals surface area contributed by atoms with Crippen LogP contribution >= 0.6 is 0 Å². The number of rotatable bonds is 5. The minimum atomic E-state index is -0.00190. The third kappa shape index (κ3) is 4.50. The van der Waals surface area contributed by atoms with Gasteiger partial charge in [0.2, 0.25) is 5.91 Å². The number of benzene rings is 4. The maximum Gasteiger partial charge on any atom is 0.228 e. The van der Waals surface area contributed by atoms with Crippen LogP contribution < -0.4 is 9.47 Å². The molecule has 0 fully saturated rings. The van der Waals surface area contributed by atoms with Crippen molar-refractivity contribution >= 4 is 49.5 Å². The van der Waals surface area contributed by atoms with E-state index in [1.807, 2.05) is 66.7 Å². The summed E-state index contributed by atoms with van der Waals surface area (Å²) < 4.78 is 14.8. The molecule has 2 aromatic heterocycles. The minimum absolute atomic E-state index is 0.00190. The Morgan fingerprint density at radius 1 is 0.692 bits per heavy atom. The predicted octanol–water partition coefficient (Wildman–Crippen LogP) is 6.27.